The molecule has 0 aliphatic rings. The van der Waals surface area contributed by atoms with Gasteiger partial charge in [-0.3, -0.25) is 18.3 Å². The quantitative estimate of drug-likeness (QED) is 0.403. The third kappa shape index (κ3) is 3.31. The Morgan fingerprint density at radius 2 is 1.55 bits per heavy atom. The van der Waals surface area contributed by atoms with Gasteiger partial charge in [0.1, 0.15) is 0 Å². The molecule has 3 heterocycles. The number of rotatable bonds is 6. The lowest BCUT2D eigenvalue weighted by molar-refractivity contribution is 0.706. The van der Waals surface area contributed by atoms with E-state index in [1.165, 1.54) is 11.6 Å². The maximum atomic E-state index is 13.3. The summed E-state index contributed by atoms with van der Waals surface area (Å²) < 4.78 is 6.79. The molecule has 7 heteroatoms. The van der Waals surface area contributed by atoms with Gasteiger partial charge in [0.05, 0.1) is 17.9 Å². The fraction of sp³-hybridized carbons (Fsp3) is 0.269. The summed E-state index contributed by atoms with van der Waals surface area (Å²) in [5.74, 6) is 0.678. The van der Waals surface area contributed by atoms with Crippen LogP contribution in [0.5, 0.6) is 0 Å². The van der Waals surface area contributed by atoms with Crippen LogP contribution in [0, 0.1) is 0 Å². The summed E-state index contributed by atoms with van der Waals surface area (Å²) in [4.78, 5) is 30.8. The van der Waals surface area contributed by atoms with Crippen LogP contribution in [0.2, 0.25) is 0 Å². The van der Waals surface area contributed by atoms with Crippen molar-refractivity contribution in [1.29, 1.82) is 0 Å². The molecule has 0 N–H and O–H groups in total. The van der Waals surface area contributed by atoms with E-state index in [1.807, 2.05) is 40.8 Å². The summed E-state index contributed by atoms with van der Waals surface area (Å²) in [6.45, 7) is 2.77. The summed E-state index contributed by atoms with van der Waals surface area (Å²) in [6, 6.07) is 20.5. The van der Waals surface area contributed by atoms with Crippen molar-refractivity contribution >= 4 is 16.9 Å². The molecule has 0 aliphatic carbocycles. The molecule has 168 valence electrons. The second-order valence-corrected chi connectivity index (χ2v) is 8.46. The van der Waals surface area contributed by atoms with E-state index in [0.717, 1.165) is 46.3 Å². The topological polar surface area (TPSA) is 66.2 Å². The number of aryl methyl sites for hydroxylation is 2. The first kappa shape index (κ1) is 21.0. The molecule has 0 radical (unpaired) electrons. The Labute approximate surface area is 191 Å². The maximum Gasteiger partial charge on any atom is 0.332 e. The first-order valence-electron chi connectivity index (χ1n) is 11.3. The van der Waals surface area contributed by atoms with Crippen LogP contribution < -0.4 is 11.2 Å². The summed E-state index contributed by atoms with van der Waals surface area (Å²) in [7, 11) is 3.19. The standard InChI is InChI=1S/C26H27N5O2/c1-4-5-16-20-21(19-14-10-7-11-15-19)30(17-18-12-8-6-9-13-18)25-27-23-22(31(20)25)24(32)29(3)26(33)28(23)2/h6-15H,4-5,16-17H2,1-3H3. The number of fused-ring (bicyclic) bond motifs is 3. The van der Waals surface area contributed by atoms with Gasteiger partial charge in [-0.2, -0.15) is 4.98 Å². The summed E-state index contributed by atoms with van der Waals surface area (Å²) in [5, 5.41) is 0. The fourth-order valence-corrected chi connectivity index (χ4v) is 4.59. The number of nitrogens with zero attached hydrogens (tertiary/aromatic N) is 5. The normalized spacial score (nSPS) is 11.6. The summed E-state index contributed by atoms with van der Waals surface area (Å²) in [6.07, 6.45) is 2.81. The summed E-state index contributed by atoms with van der Waals surface area (Å²) >= 11 is 0. The average Bonchev–Trinajstić information content (AvgIpc) is 3.37. The highest BCUT2D eigenvalue weighted by Gasteiger charge is 2.25. The number of hydrogen-bond acceptors (Lipinski definition) is 3. The lowest BCUT2D eigenvalue weighted by atomic mass is 10.1. The number of aromatic nitrogens is 5. The van der Waals surface area contributed by atoms with E-state index in [0.29, 0.717) is 23.5 Å². The number of hydrogen-bond donors (Lipinski definition) is 0. The molecule has 0 fully saturated rings. The molecule has 3 aromatic heterocycles. The zero-order valence-corrected chi connectivity index (χ0v) is 19.2. The van der Waals surface area contributed by atoms with Crippen LogP contribution in [0.1, 0.15) is 31.0 Å². The maximum absolute atomic E-state index is 13.3. The zero-order valence-electron chi connectivity index (χ0n) is 19.2. The molecular weight excluding hydrogens is 414 g/mol. The molecule has 0 spiro atoms. The van der Waals surface area contributed by atoms with Crippen LogP contribution in [0.3, 0.4) is 0 Å². The first-order valence-corrected chi connectivity index (χ1v) is 11.3. The molecule has 0 bridgehead atoms. The van der Waals surface area contributed by atoms with Crippen LogP contribution in [0.4, 0.5) is 0 Å². The van der Waals surface area contributed by atoms with Gasteiger partial charge in [-0.15, -0.1) is 0 Å². The Balaban J connectivity index is 1.95. The number of imidazole rings is 2. The minimum Gasteiger partial charge on any atom is -0.305 e. The molecular formula is C26H27N5O2. The molecule has 0 atom stereocenters. The molecule has 5 rings (SSSR count). The van der Waals surface area contributed by atoms with E-state index in [9.17, 15) is 9.59 Å². The SMILES string of the molecule is CCCCc1c(-c2ccccc2)n(Cc2ccccc2)c2nc3c(c(=O)n(C)c(=O)n3C)n12. The van der Waals surface area contributed by atoms with E-state index in [2.05, 4.69) is 35.8 Å². The summed E-state index contributed by atoms with van der Waals surface area (Å²) in [5.41, 5.74) is 4.50. The third-order valence-electron chi connectivity index (χ3n) is 6.29. The van der Waals surface area contributed by atoms with Crippen molar-refractivity contribution in [2.24, 2.45) is 14.1 Å². The van der Waals surface area contributed by atoms with Crippen LogP contribution >= 0.6 is 0 Å². The fourth-order valence-electron chi connectivity index (χ4n) is 4.59. The smallest absolute Gasteiger partial charge is 0.305 e. The van der Waals surface area contributed by atoms with Gasteiger partial charge in [0.25, 0.3) is 5.56 Å². The molecule has 33 heavy (non-hydrogen) atoms. The molecule has 0 aliphatic heterocycles. The Hall–Kier alpha value is -3.87. The predicted octanol–water partition coefficient (Wildman–Crippen LogP) is 3.74. The molecule has 0 saturated heterocycles. The van der Waals surface area contributed by atoms with Crippen LogP contribution in [-0.4, -0.2) is 23.1 Å². The molecule has 0 unspecified atom stereocenters. The largest absolute Gasteiger partial charge is 0.332 e. The van der Waals surface area contributed by atoms with Gasteiger partial charge in [-0.05, 0) is 18.4 Å². The zero-order chi connectivity index (χ0) is 23.1. The first-order chi connectivity index (χ1) is 16.0. The van der Waals surface area contributed by atoms with Crippen molar-refractivity contribution in [3.63, 3.8) is 0 Å². The van der Waals surface area contributed by atoms with Gasteiger partial charge < -0.3 is 4.57 Å². The van der Waals surface area contributed by atoms with Crippen molar-refractivity contribution < 1.29 is 0 Å². The van der Waals surface area contributed by atoms with Crippen molar-refractivity contribution in [3.8, 4) is 11.3 Å². The predicted molar refractivity (Wildman–Crippen MR) is 131 cm³/mol. The Kier molecular flexibility index (Phi) is 5.24. The second kappa shape index (κ2) is 8.24. The van der Waals surface area contributed by atoms with E-state index in [1.54, 1.807) is 7.05 Å². The highest BCUT2D eigenvalue weighted by molar-refractivity contribution is 5.80. The number of benzene rings is 2. The molecule has 7 nitrogen and oxygen atoms in total. The van der Waals surface area contributed by atoms with Gasteiger partial charge in [-0.1, -0.05) is 74.0 Å². The van der Waals surface area contributed by atoms with Crippen molar-refractivity contribution in [1.82, 2.24) is 23.1 Å². The van der Waals surface area contributed by atoms with Gasteiger partial charge in [0, 0.05) is 19.7 Å². The minimum atomic E-state index is -0.374. The Morgan fingerprint density at radius 3 is 2.21 bits per heavy atom. The van der Waals surface area contributed by atoms with Gasteiger partial charge in [-0.25, -0.2) is 4.79 Å². The minimum absolute atomic E-state index is 0.324. The van der Waals surface area contributed by atoms with Crippen molar-refractivity contribution in [3.05, 3.63) is 92.8 Å². The molecule has 0 saturated carbocycles. The Morgan fingerprint density at radius 1 is 0.879 bits per heavy atom. The van der Waals surface area contributed by atoms with Gasteiger partial charge >= 0.3 is 5.69 Å². The van der Waals surface area contributed by atoms with Crippen LogP contribution in [0.25, 0.3) is 28.2 Å². The van der Waals surface area contributed by atoms with E-state index in [-0.39, 0.29) is 11.2 Å². The second-order valence-electron chi connectivity index (χ2n) is 8.46. The van der Waals surface area contributed by atoms with Crippen LogP contribution in [-0.2, 0) is 27.1 Å². The highest BCUT2D eigenvalue weighted by Crippen LogP contribution is 2.32. The Bertz CT molecular complexity index is 1570. The lowest BCUT2D eigenvalue weighted by Gasteiger charge is -2.12. The van der Waals surface area contributed by atoms with Crippen LogP contribution in [0.15, 0.2) is 70.3 Å². The lowest BCUT2D eigenvalue weighted by Crippen LogP contribution is -2.37. The van der Waals surface area contributed by atoms with E-state index < -0.39 is 0 Å². The van der Waals surface area contributed by atoms with Crippen molar-refractivity contribution in [2.75, 3.05) is 0 Å². The van der Waals surface area contributed by atoms with E-state index >= 15 is 0 Å². The molecule has 0 amide bonds. The van der Waals surface area contributed by atoms with Crippen molar-refractivity contribution in [2.45, 2.75) is 32.7 Å². The third-order valence-corrected chi connectivity index (χ3v) is 6.29. The average molecular weight is 442 g/mol. The molecule has 5 aromatic rings. The van der Waals surface area contributed by atoms with Gasteiger partial charge in [0.15, 0.2) is 11.2 Å². The monoisotopic (exact) mass is 441 g/mol. The number of unbranched alkanes of at least 4 members (excludes halogenated alkanes) is 1. The highest BCUT2D eigenvalue weighted by atomic mass is 16.2. The molecule has 2 aromatic carbocycles. The van der Waals surface area contributed by atoms with E-state index in [4.69, 9.17) is 4.98 Å². The van der Waals surface area contributed by atoms with Gasteiger partial charge in [0.2, 0.25) is 5.78 Å².